The van der Waals surface area contributed by atoms with E-state index >= 15 is 0 Å². The van der Waals surface area contributed by atoms with Gasteiger partial charge < -0.3 is 9.47 Å². The Balaban J connectivity index is 1.76. The van der Waals surface area contributed by atoms with Gasteiger partial charge in [0.2, 0.25) is 0 Å². The fraction of sp³-hybridized carbons (Fsp3) is 0.500. The average Bonchev–Trinajstić information content (AvgIpc) is 3.21. The predicted molar refractivity (Wildman–Crippen MR) is 97.8 cm³/mol. The summed E-state index contributed by atoms with van der Waals surface area (Å²) in [6.07, 6.45) is 7.52. The molecule has 5 heteroatoms. The molecule has 2 aliphatic heterocycles. The largest absolute Gasteiger partial charge is 0.338 e. The van der Waals surface area contributed by atoms with Crippen LogP contribution in [0.3, 0.4) is 0 Å². The van der Waals surface area contributed by atoms with E-state index in [1.54, 1.807) is 0 Å². The molecule has 3 nitrogen and oxygen atoms in total. The highest BCUT2D eigenvalue weighted by Gasteiger charge is 2.30. The Kier molecular flexibility index (Phi) is 4.24. The first kappa shape index (κ1) is 15.3. The number of likely N-dealkylation sites (tertiary alicyclic amines) is 1. The van der Waals surface area contributed by atoms with Gasteiger partial charge in [-0.1, -0.05) is 6.92 Å². The maximum absolute atomic E-state index is 13.3. The van der Waals surface area contributed by atoms with Crippen LogP contribution in [0.25, 0.3) is 5.00 Å². The molecule has 1 amide bonds. The second-order valence-corrected chi connectivity index (χ2v) is 8.76. The lowest BCUT2D eigenvalue weighted by molar-refractivity contribution is 0.0682. The van der Waals surface area contributed by atoms with Crippen LogP contribution in [0, 0.1) is 5.92 Å². The Morgan fingerprint density at radius 1 is 1.30 bits per heavy atom. The number of hydrogen-bond acceptors (Lipinski definition) is 3. The van der Waals surface area contributed by atoms with E-state index in [2.05, 4.69) is 28.8 Å². The zero-order valence-corrected chi connectivity index (χ0v) is 15.1. The first-order chi connectivity index (χ1) is 11.2. The second kappa shape index (κ2) is 6.36. The van der Waals surface area contributed by atoms with E-state index in [1.807, 2.05) is 35.2 Å². The summed E-state index contributed by atoms with van der Waals surface area (Å²) in [7, 11) is 0. The van der Waals surface area contributed by atoms with E-state index in [1.165, 1.54) is 16.9 Å². The summed E-state index contributed by atoms with van der Waals surface area (Å²) in [6, 6.07) is 4.06. The molecule has 0 N–H and O–H groups in total. The van der Waals surface area contributed by atoms with Crippen LogP contribution < -0.4 is 0 Å². The van der Waals surface area contributed by atoms with E-state index in [-0.39, 0.29) is 5.91 Å². The number of nitrogens with zero attached hydrogens (tertiary/aromatic N) is 2. The number of hydrogen-bond donors (Lipinski definition) is 0. The van der Waals surface area contributed by atoms with Crippen molar-refractivity contribution in [1.82, 2.24) is 9.47 Å². The van der Waals surface area contributed by atoms with Crippen LogP contribution in [0.15, 0.2) is 24.5 Å². The third-order valence-electron chi connectivity index (χ3n) is 4.80. The van der Waals surface area contributed by atoms with Gasteiger partial charge in [-0.3, -0.25) is 4.79 Å². The highest BCUT2D eigenvalue weighted by molar-refractivity contribution is 7.98. The van der Waals surface area contributed by atoms with Crippen LogP contribution in [-0.4, -0.2) is 34.2 Å². The Bertz CT molecular complexity index is 705. The third-order valence-corrected chi connectivity index (χ3v) is 7.21. The summed E-state index contributed by atoms with van der Waals surface area (Å²) in [5, 5.41) is 1.12. The third kappa shape index (κ3) is 2.85. The highest BCUT2D eigenvalue weighted by atomic mass is 32.2. The van der Waals surface area contributed by atoms with E-state index in [4.69, 9.17) is 0 Å². The molecule has 0 saturated carbocycles. The summed E-state index contributed by atoms with van der Waals surface area (Å²) in [6.45, 7) is 4.07. The molecule has 23 heavy (non-hydrogen) atoms. The molecule has 4 rings (SSSR count). The van der Waals surface area contributed by atoms with Crippen LogP contribution in [0.4, 0.5) is 0 Å². The molecule has 1 fully saturated rings. The second-order valence-electron chi connectivity index (χ2n) is 6.58. The van der Waals surface area contributed by atoms with E-state index in [9.17, 15) is 4.79 Å². The van der Waals surface area contributed by atoms with Crippen LogP contribution in [0.2, 0.25) is 0 Å². The minimum absolute atomic E-state index is 0.254. The molecule has 2 aromatic rings. The maximum atomic E-state index is 13.3. The number of carbonyl (C=O) groups is 1. The molecule has 0 bridgehead atoms. The van der Waals surface area contributed by atoms with Gasteiger partial charge >= 0.3 is 0 Å². The lowest BCUT2D eigenvalue weighted by Crippen LogP contribution is -2.39. The molecule has 0 radical (unpaired) electrons. The summed E-state index contributed by atoms with van der Waals surface area (Å²) >= 11 is 3.79. The molecule has 0 aromatic carbocycles. The van der Waals surface area contributed by atoms with Gasteiger partial charge in [0.15, 0.2) is 0 Å². The van der Waals surface area contributed by atoms with Gasteiger partial charge in [0.05, 0.1) is 5.56 Å². The van der Waals surface area contributed by atoms with Crippen molar-refractivity contribution in [2.24, 2.45) is 5.92 Å². The molecule has 4 heterocycles. The van der Waals surface area contributed by atoms with Crippen molar-refractivity contribution < 1.29 is 4.79 Å². The van der Waals surface area contributed by atoms with Gasteiger partial charge in [0.1, 0.15) is 5.00 Å². The molecular formula is C18H22N2OS2. The van der Waals surface area contributed by atoms with Crippen molar-refractivity contribution in [1.29, 1.82) is 0 Å². The zero-order valence-electron chi connectivity index (χ0n) is 13.5. The van der Waals surface area contributed by atoms with Crippen molar-refractivity contribution in [3.05, 3.63) is 40.5 Å². The number of carbonyl (C=O) groups excluding carboxylic acids is 1. The summed E-state index contributed by atoms with van der Waals surface area (Å²) in [4.78, 5) is 16.8. The van der Waals surface area contributed by atoms with Crippen molar-refractivity contribution in [2.75, 3.05) is 18.8 Å². The minimum Gasteiger partial charge on any atom is -0.338 e. The predicted octanol–water partition coefficient (Wildman–Crippen LogP) is 4.20. The molecule has 0 unspecified atom stereocenters. The molecule has 122 valence electrons. The Morgan fingerprint density at radius 2 is 2.13 bits per heavy atom. The number of thioether (sulfide) groups is 1. The fourth-order valence-corrected chi connectivity index (χ4v) is 6.06. The molecular weight excluding hydrogens is 324 g/mol. The van der Waals surface area contributed by atoms with E-state index < -0.39 is 0 Å². The highest BCUT2D eigenvalue weighted by Crippen LogP contribution is 2.39. The Morgan fingerprint density at radius 3 is 2.91 bits per heavy atom. The number of thiophene rings is 1. The molecule has 1 saturated heterocycles. The Hall–Kier alpha value is -1.20. The summed E-state index contributed by atoms with van der Waals surface area (Å²) in [5.74, 6) is 3.06. The summed E-state index contributed by atoms with van der Waals surface area (Å²) < 4.78 is 2.12. The van der Waals surface area contributed by atoms with Crippen molar-refractivity contribution >= 4 is 29.0 Å². The van der Waals surface area contributed by atoms with Gasteiger partial charge in [-0.15, -0.1) is 11.3 Å². The van der Waals surface area contributed by atoms with Crippen molar-refractivity contribution in [3.8, 4) is 5.00 Å². The van der Waals surface area contributed by atoms with Gasteiger partial charge in [-0.2, -0.15) is 11.8 Å². The van der Waals surface area contributed by atoms with Crippen LogP contribution >= 0.6 is 23.1 Å². The van der Waals surface area contributed by atoms with Crippen LogP contribution in [0.1, 0.15) is 40.6 Å². The van der Waals surface area contributed by atoms with E-state index in [0.717, 1.165) is 48.0 Å². The number of fused-ring (bicyclic) bond motifs is 1. The normalized spacial score (nSPS) is 21.3. The van der Waals surface area contributed by atoms with Gasteiger partial charge in [-0.05, 0) is 48.6 Å². The monoisotopic (exact) mass is 346 g/mol. The quantitative estimate of drug-likeness (QED) is 0.814. The first-order valence-electron chi connectivity index (χ1n) is 8.39. The van der Waals surface area contributed by atoms with Gasteiger partial charge in [-0.25, -0.2) is 0 Å². The van der Waals surface area contributed by atoms with Gasteiger partial charge in [0.25, 0.3) is 5.91 Å². The number of rotatable bonds is 2. The smallest absolute Gasteiger partial charge is 0.257 e. The lowest BCUT2D eigenvalue weighted by Gasteiger charge is -2.31. The molecule has 0 aliphatic carbocycles. The lowest BCUT2D eigenvalue weighted by atomic mass is 9.98. The molecule has 2 aliphatic rings. The average molecular weight is 347 g/mol. The van der Waals surface area contributed by atoms with Gasteiger partial charge in [0, 0.05) is 36.1 Å². The topological polar surface area (TPSA) is 25.2 Å². The SMILES string of the molecule is C[C@H]1CCCN(C(=O)c2c(-n3cccc3)sc3c2CCSC3)C1. The molecule has 2 aromatic heterocycles. The Labute approximate surface area is 145 Å². The fourth-order valence-electron chi connectivity index (χ4n) is 3.62. The number of piperidine rings is 1. The number of amides is 1. The number of aromatic nitrogens is 1. The zero-order chi connectivity index (χ0) is 15.8. The van der Waals surface area contributed by atoms with Crippen molar-refractivity contribution in [2.45, 2.75) is 31.9 Å². The van der Waals surface area contributed by atoms with E-state index in [0.29, 0.717) is 5.92 Å². The van der Waals surface area contributed by atoms with Crippen LogP contribution in [-0.2, 0) is 12.2 Å². The molecule has 1 atom stereocenters. The van der Waals surface area contributed by atoms with Crippen LogP contribution in [0.5, 0.6) is 0 Å². The maximum Gasteiger partial charge on any atom is 0.257 e. The first-order valence-corrected chi connectivity index (χ1v) is 10.4. The summed E-state index contributed by atoms with van der Waals surface area (Å²) in [5.41, 5.74) is 2.30. The standard InChI is InChI=1S/C18H22N2OS2/c1-13-5-4-9-20(11-13)17(21)16-14-6-10-22-12-15(14)23-18(16)19-7-2-3-8-19/h2-3,7-8,13H,4-6,9-12H2,1H3/t13-/m0/s1. The minimum atomic E-state index is 0.254. The molecule has 0 spiro atoms. The van der Waals surface area contributed by atoms with Crippen molar-refractivity contribution in [3.63, 3.8) is 0 Å².